The highest BCUT2D eigenvalue weighted by Gasteiger charge is 2.55. The van der Waals surface area contributed by atoms with Gasteiger partial charge in [-0.25, -0.2) is 4.79 Å². The van der Waals surface area contributed by atoms with Gasteiger partial charge in [-0.05, 0) is 85.0 Å². The molecule has 1 aromatic rings. The summed E-state index contributed by atoms with van der Waals surface area (Å²) in [6, 6.07) is 6.03. The summed E-state index contributed by atoms with van der Waals surface area (Å²) in [5.74, 6) is 2.78. The third-order valence-electron chi connectivity index (χ3n) is 8.03. The van der Waals surface area contributed by atoms with Crippen LogP contribution in [0.3, 0.4) is 0 Å². The van der Waals surface area contributed by atoms with Gasteiger partial charge >= 0.3 is 14.3 Å². The predicted octanol–water partition coefficient (Wildman–Crippen LogP) is 5.59. The average molecular weight is 504 g/mol. The van der Waals surface area contributed by atoms with Crippen molar-refractivity contribution in [2.45, 2.75) is 57.5 Å². The molecule has 0 saturated heterocycles. The second-order valence-corrected chi connectivity index (χ2v) is 11.0. The first-order valence-corrected chi connectivity index (χ1v) is 13.8. The lowest BCUT2D eigenvalue weighted by Crippen LogP contribution is -2.44. The van der Waals surface area contributed by atoms with Gasteiger partial charge < -0.3 is 19.1 Å². The number of benzene rings is 1. The van der Waals surface area contributed by atoms with Crippen molar-refractivity contribution in [2.24, 2.45) is 17.3 Å². The summed E-state index contributed by atoms with van der Waals surface area (Å²) in [7, 11) is -2.92. The highest BCUT2D eigenvalue weighted by molar-refractivity contribution is 7.32. The molecule has 6 atom stereocenters. The van der Waals surface area contributed by atoms with Crippen molar-refractivity contribution in [3.8, 4) is 5.75 Å². The molecule has 4 rings (SSSR count). The average Bonchev–Trinajstić information content (AvgIpc) is 3.09. The van der Waals surface area contributed by atoms with E-state index in [0.717, 1.165) is 38.5 Å². The molecule has 178 valence electrons. The summed E-state index contributed by atoms with van der Waals surface area (Å²) in [5, 5.41) is 0. The Morgan fingerprint density at radius 2 is 1.97 bits per heavy atom. The predicted molar refractivity (Wildman–Crippen MR) is 126 cm³/mol. The molecule has 0 radical (unpaired) electrons. The van der Waals surface area contributed by atoms with Crippen molar-refractivity contribution in [1.29, 1.82) is 0 Å². The normalized spacial score (nSPS) is 31.9. The molecular weight excluding hydrogens is 472 g/mol. The van der Waals surface area contributed by atoms with Crippen molar-refractivity contribution in [3.63, 3.8) is 0 Å². The SMILES string of the molecule is C[C@]12CC[C@@H]3c4ccc(OC(=O)N(CCCl)CCCl)cc4CC[C@H]3[C@@H]1CC[C@@H]2O[PH](=O)O. The standard InChI is InChI=1S/C23H32Cl2NO5P/c1-23-9-8-18-17-5-3-16(30-22(27)26(12-10-24)13-11-25)14-15(17)2-4-19(18)20(23)6-7-21(23)31-32(28)29/h3,5,14,18-21,32H,2,4,6-13H2,1H3,(H,28,29)/t18-,19-,20+,21+,23+/m1/s1. The van der Waals surface area contributed by atoms with Crippen LogP contribution in [0.2, 0.25) is 0 Å². The maximum Gasteiger partial charge on any atom is 0.415 e. The summed E-state index contributed by atoms with van der Waals surface area (Å²) in [5.41, 5.74) is 2.60. The Balaban J connectivity index is 1.48. The highest BCUT2D eigenvalue weighted by Crippen LogP contribution is 2.62. The zero-order valence-electron chi connectivity index (χ0n) is 18.4. The molecule has 2 saturated carbocycles. The first-order chi connectivity index (χ1) is 15.4. The van der Waals surface area contributed by atoms with Crippen LogP contribution in [0.4, 0.5) is 4.79 Å². The van der Waals surface area contributed by atoms with Gasteiger partial charge in [0.1, 0.15) is 5.75 Å². The smallest absolute Gasteiger partial charge is 0.410 e. The van der Waals surface area contributed by atoms with Crippen LogP contribution in [-0.4, -0.2) is 46.8 Å². The number of nitrogens with zero attached hydrogens (tertiary/aromatic N) is 1. The van der Waals surface area contributed by atoms with Crippen LogP contribution >= 0.6 is 31.5 Å². The molecule has 1 N–H and O–H groups in total. The van der Waals surface area contributed by atoms with Gasteiger partial charge in [-0.2, -0.15) is 0 Å². The number of hydrogen-bond donors (Lipinski definition) is 1. The molecule has 0 spiro atoms. The number of amides is 1. The molecular formula is C23H32Cl2NO5P. The van der Waals surface area contributed by atoms with Crippen LogP contribution in [0, 0.1) is 17.3 Å². The lowest BCUT2D eigenvalue weighted by molar-refractivity contribution is -0.0115. The van der Waals surface area contributed by atoms with Crippen molar-refractivity contribution in [1.82, 2.24) is 4.90 Å². The minimum atomic E-state index is -2.92. The lowest BCUT2D eigenvalue weighted by Gasteiger charge is -2.50. The fourth-order valence-electron chi connectivity index (χ4n) is 6.55. The van der Waals surface area contributed by atoms with E-state index in [1.165, 1.54) is 16.0 Å². The van der Waals surface area contributed by atoms with E-state index in [2.05, 4.69) is 13.0 Å². The fraction of sp³-hybridized carbons (Fsp3) is 0.696. The van der Waals surface area contributed by atoms with Crippen LogP contribution in [0.5, 0.6) is 5.75 Å². The fourth-order valence-corrected chi connectivity index (χ4v) is 7.59. The molecule has 3 aliphatic rings. The molecule has 1 amide bonds. The molecule has 6 nitrogen and oxygen atoms in total. The largest absolute Gasteiger partial charge is 0.415 e. The summed E-state index contributed by atoms with van der Waals surface area (Å²) in [6.45, 7) is 3.05. The number of rotatable bonds is 7. The number of alkyl halides is 2. The summed E-state index contributed by atoms with van der Waals surface area (Å²) < 4.78 is 22.4. The van der Waals surface area contributed by atoms with Gasteiger partial charge in [0.25, 0.3) is 0 Å². The van der Waals surface area contributed by atoms with Gasteiger partial charge in [0, 0.05) is 24.8 Å². The van der Waals surface area contributed by atoms with E-state index >= 15 is 0 Å². The van der Waals surface area contributed by atoms with Crippen LogP contribution < -0.4 is 4.74 Å². The van der Waals surface area contributed by atoms with E-state index in [1.54, 1.807) is 0 Å². The third-order valence-corrected chi connectivity index (χ3v) is 8.85. The molecule has 0 aromatic heterocycles. The first kappa shape index (κ1) is 24.3. The van der Waals surface area contributed by atoms with Gasteiger partial charge in [-0.1, -0.05) is 13.0 Å². The Bertz CT molecular complexity index is 865. The van der Waals surface area contributed by atoms with Crippen LogP contribution in [0.15, 0.2) is 18.2 Å². The lowest BCUT2D eigenvalue weighted by atomic mass is 9.55. The topological polar surface area (TPSA) is 76.1 Å². The van der Waals surface area contributed by atoms with Gasteiger partial charge in [0.2, 0.25) is 0 Å². The maximum atomic E-state index is 12.5. The summed E-state index contributed by atoms with van der Waals surface area (Å²) in [6.07, 6.45) is 5.47. The number of ether oxygens (including phenoxy) is 1. The number of carbonyl (C=O) groups excluding carboxylic acids is 1. The molecule has 32 heavy (non-hydrogen) atoms. The summed E-state index contributed by atoms with van der Waals surface area (Å²) >= 11 is 11.6. The van der Waals surface area contributed by atoms with Gasteiger partial charge in [0.05, 0.1) is 6.10 Å². The molecule has 1 unspecified atom stereocenters. The molecule has 1 aromatic carbocycles. The van der Waals surface area contributed by atoms with Crippen molar-refractivity contribution < 1.29 is 23.5 Å². The number of fused-ring (bicyclic) bond motifs is 5. The van der Waals surface area contributed by atoms with Crippen molar-refractivity contribution in [2.75, 3.05) is 24.8 Å². The van der Waals surface area contributed by atoms with Crippen molar-refractivity contribution in [3.05, 3.63) is 29.3 Å². The number of carbonyl (C=O) groups is 1. The van der Waals surface area contributed by atoms with E-state index in [1.807, 2.05) is 12.1 Å². The zero-order chi connectivity index (χ0) is 22.9. The van der Waals surface area contributed by atoms with E-state index in [-0.39, 0.29) is 11.5 Å². The van der Waals surface area contributed by atoms with Crippen molar-refractivity contribution >= 4 is 37.5 Å². The Morgan fingerprint density at radius 3 is 2.66 bits per heavy atom. The van der Waals surface area contributed by atoms with Gasteiger partial charge in [0.15, 0.2) is 0 Å². The molecule has 3 aliphatic carbocycles. The number of halogens is 2. The van der Waals surface area contributed by atoms with Gasteiger partial charge in [-0.15, -0.1) is 23.2 Å². The number of hydrogen-bond acceptors (Lipinski definition) is 4. The number of aryl methyl sites for hydroxylation is 1. The Morgan fingerprint density at radius 1 is 1.22 bits per heavy atom. The van der Waals surface area contributed by atoms with E-state index in [9.17, 15) is 14.3 Å². The minimum absolute atomic E-state index is 0.0223. The maximum absolute atomic E-state index is 12.5. The van der Waals surface area contributed by atoms with E-state index in [0.29, 0.717) is 48.4 Å². The quantitative estimate of drug-likeness (QED) is 0.387. The summed E-state index contributed by atoms with van der Waals surface area (Å²) in [4.78, 5) is 23.4. The van der Waals surface area contributed by atoms with Crippen LogP contribution in [0.25, 0.3) is 0 Å². The Hall–Kier alpha value is -0.780. The highest BCUT2D eigenvalue weighted by atomic mass is 35.5. The van der Waals surface area contributed by atoms with Crippen LogP contribution in [0.1, 0.15) is 56.1 Å². The van der Waals surface area contributed by atoms with E-state index in [4.69, 9.17) is 32.5 Å². The minimum Gasteiger partial charge on any atom is -0.410 e. The Labute approximate surface area is 200 Å². The second-order valence-electron chi connectivity index (χ2n) is 9.50. The monoisotopic (exact) mass is 503 g/mol. The Kier molecular flexibility index (Phi) is 7.78. The van der Waals surface area contributed by atoms with E-state index < -0.39 is 14.3 Å². The second kappa shape index (κ2) is 10.2. The molecule has 9 heteroatoms. The third kappa shape index (κ3) is 4.72. The molecule has 2 fully saturated rings. The molecule has 0 heterocycles. The molecule has 0 aliphatic heterocycles. The first-order valence-electron chi connectivity index (χ1n) is 11.5. The molecule has 0 bridgehead atoms. The van der Waals surface area contributed by atoms with Gasteiger partial charge in [-0.3, -0.25) is 4.57 Å². The zero-order valence-corrected chi connectivity index (χ0v) is 20.9. The van der Waals surface area contributed by atoms with Crippen LogP contribution in [-0.2, 0) is 15.5 Å².